The van der Waals surface area contributed by atoms with E-state index in [9.17, 15) is 0 Å². The van der Waals surface area contributed by atoms with Crippen LogP contribution in [0.5, 0.6) is 0 Å². The minimum atomic E-state index is 1.32. The molecule has 0 aromatic carbocycles. The summed E-state index contributed by atoms with van der Waals surface area (Å²) in [5.41, 5.74) is 1.32. The average Bonchev–Trinajstić information content (AvgIpc) is 2.14. The molecule has 0 N–H and O–H groups in total. The number of hydrogen-bond acceptors (Lipinski definition) is 1. The Morgan fingerprint density at radius 3 is 2.86 bits per heavy atom. The first-order valence-electron chi connectivity index (χ1n) is 1.96. The van der Waals surface area contributed by atoms with E-state index in [-0.39, 0.29) is 0 Å². The summed E-state index contributed by atoms with van der Waals surface area (Å²) in [7, 11) is 0. The van der Waals surface area contributed by atoms with Crippen LogP contribution in [0.4, 0.5) is 0 Å². The van der Waals surface area contributed by atoms with Crippen LogP contribution < -0.4 is 0 Å². The van der Waals surface area contributed by atoms with E-state index in [4.69, 9.17) is 0 Å². The van der Waals surface area contributed by atoms with Crippen molar-refractivity contribution < 1.29 is 20.0 Å². The van der Waals surface area contributed by atoms with Crippen molar-refractivity contribution in [2.75, 3.05) is 0 Å². The third-order valence-corrected chi connectivity index (χ3v) is 1.93. The summed E-state index contributed by atoms with van der Waals surface area (Å²) in [6.07, 6.45) is 0. The number of hydrogen-bond donors (Lipinski definition) is 0. The zero-order chi connectivity index (χ0) is 5.11. The SMILES string of the molecule is [Ti]=[CH]c1ccsc1. The van der Waals surface area contributed by atoms with E-state index in [0.717, 1.165) is 0 Å². The summed E-state index contributed by atoms with van der Waals surface area (Å²) in [6, 6.07) is 2.10. The fourth-order valence-electron chi connectivity index (χ4n) is 0.357. The topological polar surface area (TPSA) is 0 Å². The first kappa shape index (κ1) is 5.42. The average molecular weight is 144 g/mol. The van der Waals surface area contributed by atoms with Crippen LogP contribution >= 0.6 is 11.3 Å². The van der Waals surface area contributed by atoms with Crippen molar-refractivity contribution in [3.05, 3.63) is 22.4 Å². The van der Waals surface area contributed by atoms with Crippen LogP contribution in [0, 0.1) is 0 Å². The molecule has 0 saturated heterocycles. The van der Waals surface area contributed by atoms with Crippen molar-refractivity contribution in [2.45, 2.75) is 0 Å². The molecule has 1 rings (SSSR count). The zero-order valence-electron chi connectivity index (χ0n) is 3.72. The Hall–Kier alpha value is 0.284. The Kier molecular flexibility index (Phi) is 1.98. The molecular formula is C5H4STi. The molecular weight excluding hydrogens is 140 g/mol. The molecule has 0 atom stereocenters. The molecule has 1 aromatic rings. The third-order valence-electron chi connectivity index (χ3n) is 0.710. The molecule has 2 heteroatoms. The molecule has 0 spiro atoms. The molecule has 0 aliphatic carbocycles. The Bertz CT molecular complexity index is 143. The first-order valence-corrected chi connectivity index (χ1v) is 3.80. The van der Waals surface area contributed by atoms with E-state index in [1.807, 2.05) is 20.0 Å². The van der Waals surface area contributed by atoms with E-state index in [0.29, 0.717) is 0 Å². The van der Waals surface area contributed by atoms with Gasteiger partial charge in [0.05, 0.1) is 0 Å². The van der Waals surface area contributed by atoms with Gasteiger partial charge in [-0.15, -0.1) is 0 Å². The Morgan fingerprint density at radius 2 is 2.57 bits per heavy atom. The second-order valence-electron chi connectivity index (χ2n) is 1.20. The van der Waals surface area contributed by atoms with E-state index < -0.39 is 0 Å². The quantitative estimate of drug-likeness (QED) is 0.523. The van der Waals surface area contributed by atoms with Gasteiger partial charge in [-0.3, -0.25) is 0 Å². The molecule has 1 aromatic heterocycles. The van der Waals surface area contributed by atoms with E-state index in [1.165, 1.54) is 5.56 Å². The molecule has 34 valence electrons. The molecule has 0 unspecified atom stereocenters. The summed E-state index contributed by atoms with van der Waals surface area (Å²) >= 11 is 3.78. The van der Waals surface area contributed by atoms with Gasteiger partial charge in [0.15, 0.2) is 0 Å². The molecule has 7 heavy (non-hydrogen) atoms. The van der Waals surface area contributed by atoms with Crippen LogP contribution in [-0.4, -0.2) is 4.31 Å². The minimum absolute atomic E-state index is 1.32. The molecule has 0 nitrogen and oxygen atoms in total. The Balaban J connectivity index is 2.96. The van der Waals surface area contributed by atoms with E-state index in [1.54, 1.807) is 11.3 Å². The number of thiophene rings is 1. The van der Waals surface area contributed by atoms with Gasteiger partial charge in [-0.05, 0) is 0 Å². The normalized spacial score (nSPS) is 8.43. The predicted molar refractivity (Wildman–Crippen MR) is 29.5 cm³/mol. The summed E-state index contributed by atoms with van der Waals surface area (Å²) in [5.74, 6) is 0. The van der Waals surface area contributed by atoms with Gasteiger partial charge in [0.1, 0.15) is 0 Å². The first-order chi connectivity index (χ1) is 3.43. The van der Waals surface area contributed by atoms with E-state index in [2.05, 4.69) is 21.1 Å². The maximum absolute atomic E-state index is 2.12. The molecule has 0 radical (unpaired) electrons. The van der Waals surface area contributed by atoms with Crippen molar-refractivity contribution in [3.63, 3.8) is 0 Å². The summed E-state index contributed by atoms with van der Waals surface area (Å²) in [5, 5.41) is 4.20. The predicted octanol–water partition coefficient (Wildman–Crippen LogP) is 1.45. The van der Waals surface area contributed by atoms with Crippen LogP contribution in [-0.2, 0) is 20.0 Å². The van der Waals surface area contributed by atoms with Gasteiger partial charge in [0.25, 0.3) is 0 Å². The van der Waals surface area contributed by atoms with Crippen molar-refractivity contribution in [2.24, 2.45) is 0 Å². The van der Waals surface area contributed by atoms with Crippen molar-refractivity contribution in [1.29, 1.82) is 0 Å². The molecule has 1 heterocycles. The van der Waals surface area contributed by atoms with Crippen molar-refractivity contribution in [1.82, 2.24) is 0 Å². The van der Waals surface area contributed by atoms with Gasteiger partial charge in [0.2, 0.25) is 0 Å². The number of rotatable bonds is 1. The van der Waals surface area contributed by atoms with Crippen LogP contribution in [0.15, 0.2) is 16.8 Å². The fraction of sp³-hybridized carbons (Fsp3) is 0. The Morgan fingerprint density at radius 1 is 1.71 bits per heavy atom. The second kappa shape index (κ2) is 2.56. The van der Waals surface area contributed by atoms with Crippen molar-refractivity contribution in [3.8, 4) is 0 Å². The second-order valence-corrected chi connectivity index (χ2v) is 2.43. The maximum atomic E-state index is 2.12. The van der Waals surface area contributed by atoms with Crippen LogP contribution in [0.1, 0.15) is 5.56 Å². The van der Waals surface area contributed by atoms with Crippen molar-refractivity contribution >= 4 is 15.7 Å². The van der Waals surface area contributed by atoms with Crippen LogP contribution in [0.3, 0.4) is 0 Å². The fourth-order valence-corrected chi connectivity index (χ4v) is 1.44. The zero-order valence-corrected chi connectivity index (χ0v) is 6.10. The summed E-state index contributed by atoms with van der Waals surface area (Å²) in [6.45, 7) is 0. The molecule has 0 amide bonds. The monoisotopic (exact) mass is 144 g/mol. The van der Waals surface area contributed by atoms with E-state index >= 15 is 0 Å². The van der Waals surface area contributed by atoms with Gasteiger partial charge in [-0.2, -0.15) is 0 Å². The molecule has 0 saturated carbocycles. The molecule has 0 aliphatic heterocycles. The van der Waals surface area contributed by atoms with Gasteiger partial charge in [0, 0.05) is 0 Å². The third kappa shape index (κ3) is 1.34. The molecule has 0 fully saturated rings. The summed E-state index contributed by atoms with van der Waals surface area (Å²) < 4.78 is 2.09. The van der Waals surface area contributed by atoms with Crippen LogP contribution in [0.25, 0.3) is 0 Å². The Labute approximate surface area is 58.1 Å². The van der Waals surface area contributed by atoms with Gasteiger partial charge in [-0.1, -0.05) is 0 Å². The molecule has 0 bridgehead atoms. The molecule has 0 aliphatic rings. The summed E-state index contributed by atoms with van der Waals surface area (Å²) in [4.78, 5) is 0. The standard InChI is InChI=1S/C5H4S.Ti/c1-5-2-3-6-4-5;/h1-4H;. The van der Waals surface area contributed by atoms with Gasteiger partial charge >= 0.3 is 58.0 Å². The van der Waals surface area contributed by atoms with Gasteiger partial charge < -0.3 is 0 Å². The van der Waals surface area contributed by atoms with Gasteiger partial charge in [-0.25, -0.2) is 0 Å². The van der Waals surface area contributed by atoms with Crippen LogP contribution in [0.2, 0.25) is 0 Å².